The Hall–Kier alpha value is -0.610. The first-order valence-electron chi connectivity index (χ1n) is 4.74. The molecule has 1 aliphatic rings. The second-order valence-electron chi connectivity index (χ2n) is 3.74. The van der Waals surface area contributed by atoms with Gasteiger partial charge >= 0.3 is 0 Å². The molecule has 0 aromatic rings. The molecular weight excluding hydrogens is 168 g/mol. The predicted molar refractivity (Wildman–Crippen MR) is 50.3 cm³/mol. The summed E-state index contributed by atoms with van der Waals surface area (Å²) in [7, 11) is 1.63. The molecule has 1 heterocycles. The molecule has 13 heavy (non-hydrogen) atoms. The molecule has 0 aromatic carbocycles. The number of hydrogen-bond donors (Lipinski definition) is 2. The smallest absolute Gasteiger partial charge is 0.233 e. The number of aliphatic hydroxyl groups is 1. The molecule has 0 spiro atoms. The highest BCUT2D eigenvalue weighted by Gasteiger charge is 2.24. The standard InChI is InChI=1S/C9H18N2O2/c1-7-3-4-11(5-8(7)12)6-9(13)10-2/h7-8,12H,3-6H2,1-2H3,(H,10,13). The first kappa shape index (κ1) is 10.5. The van der Waals surface area contributed by atoms with Crippen molar-refractivity contribution < 1.29 is 9.90 Å². The van der Waals surface area contributed by atoms with E-state index < -0.39 is 0 Å². The average Bonchev–Trinajstić information content (AvgIpc) is 2.11. The molecular formula is C9H18N2O2. The van der Waals surface area contributed by atoms with Gasteiger partial charge in [0.1, 0.15) is 0 Å². The molecule has 0 saturated carbocycles. The maximum atomic E-state index is 11.0. The average molecular weight is 186 g/mol. The molecule has 1 rings (SSSR count). The van der Waals surface area contributed by atoms with Crippen LogP contribution in [0.3, 0.4) is 0 Å². The van der Waals surface area contributed by atoms with Gasteiger partial charge in [0.2, 0.25) is 5.91 Å². The minimum absolute atomic E-state index is 0.0155. The third kappa shape index (κ3) is 2.97. The van der Waals surface area contributed by atoms with Crippen LogP contribution in [0.4, 0.5) is 0 Å². The number of carbonyl (C=O) groups excluding carboxylic acids is 1. The molecule has 1 saturated heterocycles. The quantitative estimate of drug-likeness (QED) is 0.607. The lowest BCUT2D eigenvalue weighted by Gasteiger charge is -2.33. The van der Waals surface area contributed by atoms with E-state index in [0.717, 1.165) is 13.0 Å². The zero-order chi connectivity index (χ0) is 9.84. The van der Waals surface area contributed by atoms with Crippen molar-refractivity contribution in [3.8, 4) is 0 Å². The largest absolute Gasteiger partial charge is 0.392 e. The Balaban J connectivity index is 2.33. The summed E-state index contributed by atoms with van der Waals surface area (Å²) in [6.07, 6.45) is 0.691. The number of β-amino-alcohol motifs (C(OH)–C–C–N with tert-alkyl or cyclic N) is 1. The molecule has 0 aromatic heterocycles. The topological polar surface area (TPSA) is 52.6 Å². The van der Waals surface area contributed by atoms with Gasteiger partial charge in [-0.1, -0.05) is 6.92 Å². The number of likely N-dealkylation sites (N-methyl/N-ethyl adjacent to an activating group) is 1. The number of carbonyl (C=O) groups is 1. The zero-order valence-corrected chi connectivity index (χ0v) is 8.29. The van der Waals surface area contributed by atoms with Crippen LogP contribution in [-0.2, 0) is 4.79 Å². The van der Waals surface area contributed by atoms with Crippen molar-refractivity contribution in [2.45, 2.75) is 19.4 Å². The minimum Gasteiger partial charge on any atom is -0.392 e. The van der Waals surface area contributed by atoms with Crippen molar-refractivity contribution in [3.63, 3.8) is 0 Å². The molecule has 4 nitrogen and oxygen atoms in total. The lowest BCUT2D eigenvalue weighted by molar-refractivity contribution is -0.122. The third-order valence-corrected chi connectivity index (χ3v) is 2.65. The van der Waals surface area contributed by atoms with Crippen molar-refractivity contribution in [3.05, 3.63) is 0 Å². The van der Waals surface area contributed by atoms with Gasteiger partial charge in [0.05, 0.1) is 12.6 Å². The van der Waals surface area contributed by atoms with Crippen LogP contribution < -0.4 is 5.32 Å². The van der Waals surface area contributed by atoms with Crippen molar-refractivity contribution in [1.29, 1.82) is 0 Å². The normalized spacial score (nSPS) is 30.1. The van der Waals surface area contributed by atoms with Crippen LogP contribution in [0.1, 0.15) is 13.3 Å². The highest BCUT2D eigenvalue weighted by atomic mass is 16.3. The Morgan fingerprint density at radius 3 is 2.92 bits per heavy atom. The fraction of sp³-hybridized carbons (Fsp3) is 0.889. The molecule has 0 bridgehead atoms. The molecule has 1 aliphatic heterocycles. The van der Waals surface area contributed by atoms with Gasteiger partial charge in [-0.2, -0.15) is 0 Å². The number of piperidine rings is 1. The van der Waals surface area contributed by atoms with Gasteiger partial charge < -0.3 is 10.4 Å². The van der Waals surface area contributed by atoms with E-state index in [1.807, 2.05) is 11.8 Å². The van der Waals surface area contributed by atoms with E-state index >= 15 is 0 Å². The maximum Gasteiger partial charge on any atom is 0.233 e. The molecule has 1 fully saturated rings. The van der Waals surface area contributed by atoms with Gasteiger partial charge in [-0.05, 0) is 18.9 Å². The third-order valence-electron chi connectivity index (χ3n) is 2.65. The fourth-order valence-electron chi connectivity index (χ4n) is 1.54. The van der Waals surface area contributed by atoms with Crippen molar-refractivity contribution in [2.75, 3.05) is 26.7 Å². The van der Waals surface area contributed by atoms with E-state index in [9.17, 15) is 9.90 Å². The number of nitrogens with zero attached hydrogens (tertiary/aromatic N) is 1. The SMILES string of the molecule is CNC(=O)CN1CCC(C)C(O)C1. The molecule has 1 amide bonds. The summed E-state index contributed by atoms with van der Waals surface area (Å²) < 4.78 is 0. The highest BCUT2D eigenvalue weighted by Crippen LogP contribution is 2.16. The van der Waals surface area contributed by atoms with Gasteiger partial charge in [-0.3, -0.25) is 9.69 Å². The fourth-order valence-corrected chi connectivity index (χ4v) is 1.54. The van der Waals surface area contributed by atoms with Crippen LogP contribution >= 0.6 is 0 Å². The van der Waals surface area contributed by atoms with Crippen molar-refractivity contribution in [1.82, 2.24) is 10.2 Å². The van der Waals surface area contributed by atoms with Gasteiger partial charge in [0.25, 0.3) is 0 Å². The van der Waals surface area contributed by atoms with Crippen LogP contribution in [0, 0.1) is 5.92 Å². The Bertz CT molecular complexity index is 184. The Morgan fingerprint density at radius 2 is 2.38 bits per heavy atom. The van der Waals surface area contributed by atoms with Crippen LogP contribution in [0.5, 0.6) is 0 Å². The van der Waals surface area contributed by atoms with Gasteiger partial charge in [-0.15, -0.1) is 0 Å². The summed E-state index contributed by atoms with van der Waals surface area (Å²) in [5.74, 6) is 0.377. The summed E-state index contributed by atoms with van der Waals surface area (Å²) in [6.45, 7) is 3.97. The lowest BCUT2D eigenvalue weighted by Crippen LogP contribution is -2.46. The summed E-state index contributed by atoms with van der Waals surface area (Å²) in [4.78, 5) is 13.0. The highest BCUT2D eigenvalue weighted by molar-refractivity contribution is 5.77. The Kier molecular flexibility index (Phi) is 3.69. The summed E-state index contributed by atoms with van der Waals surface area (Å²) in [5.41, 5.74) is 0. The number of hydrogen-bond acceptors (Lipinski definition) is 3. The first-order chi connectivity index (χ1) is 6.13. The van der Waals surface area contributed by atoms with Gasteiger partial charge in [0, 0.05) is 13.6 Å². The molecule has 76 valence electrons. The van der Waals surface area contributed by atoms with E-state index in [0.29, 0.717) is 19.0 Å². The molecule has 4 heteroatoms. The van der Waals surface area contributed by atoms with Gasteiger partial charge in [-0.25, -0.2) is 0 Å². The lowest BCUT2D eigenvalue weighted by atomic mass is 9.96. The number of amides is 1. The second-order valence-corrected chi connectivity index (χ2v) is 3.74. The van der Waals surface area contributed by atoms with Gasteiger partial charge in [0.15, 0.2) is 0 Å². The molecule has 0 radical (unpaired) electrons. The molecule has 2 unspecified atom stereocenters. The second kappa shape index (κ2) is 4.58. The van der Waals surface area contributed by atoms with Crippen LogP contribution in [0.15, 0.2) is 0 Å². The Labute approximate surface area is 78.9 Å². The van der Waals surface area contributed by atoms with E-state index in [-0.39, 0.29) is 12.0 Å². The number of likely N-dealkylation sites (tertiary alicyclic amines) is 1. The molecule has 2 atom stereocenters. The monoisotopic (exact) mass is 186 g/mol. The molecule has 2 N–H and O–H groups in total. The number of aliphatic hydroxyl groups excluding tert-OH is 1. The minimum atomic E-state index is -0.279. The van der Waals surface area contributed by atoms with Crippen LogP contribution in [-0.4, -0.2) is 48.7 Å². The van der Waals surface area contributed by atoms with E-state index in [4.69, 9.17) is 0 Å². The van der Waals surface area contributed by atoms with E-state index in [1.54, 1.807) is 7.05 Å². The van der Waals surface area contributed by atoms with Crippen molar-refractivity contribution >= 4 is 5.91 Å². The molecule has 0 aliphatic carbocycles. The summed E-state index contributed by atoms with van der Waals surface area (Å²) in [5, 5.41) is 12.1. The maximum absolute atomic E-state index is 11.0. The van der Waals surface area contributed by atoms with Crippen molar-refractivity contribution in [2.24, 2.45) is 5.92 Å². The first-order valence-corrected chi connectivity index (χ1v) is 4.74. The predicted octanol–water partition coefficient (Wildman–Crippen LogP) is -0.565. The summed E-state index contributed by atoms with van der Waals surface area (Å²) in [6, 6.07) is 0. The zero-order valence-electron chi connectivity index (χ0n) is 8.29. The Morgan fingerprint density at radius 1 is 1.69 bits per heavy atom. The van der Waals surface area contributed by atoms with Crippen LogP contribution in [0.2, 0.25) is 0 Å². The van der Waals surface area contributed by atoms with E-state index in [1.165, 1.54) is 0 Å². The van der Waals surface area contributed by atoms with Crippen LogP contribution in [0.25, 0.3) is 0 Å². The summed E-state index contributed by atoms with van der Waals surface area (Å²) >= 11 is 0. The number of rotatable bonds is 2. The number of nitrogens with one attached hydrogen (secondary N) is 1. The van der Waals surface area contributed by atoms with E-state index in [2.05, 4.69) is 5.32 Å².